The van der Waals surface area contributed by atoms with Crippen LogP contribution in [-0.4, -0.2) is 23.3 Å². The minimum absolute atomic E-state index is 0.0990. The molecule has 25 heavy (non-hydrogen) atoms. The van der Waals surface area contributed by atoms with E-state index < -0.39 is 5.82 Å². The molecule has 2 amide bonds. The molecule has 1 unspecified atom stereocenters. The number of aryl methyl sites for hydroxylation is 1. The maximum atomic E-state index is 14.2. The number of carbonyl (C=O) groups excluding carboxylic acids is 2. The Morgan fingerprint density at radius 3 is 2.84 bits per heavy atom. The molecule has 5 nitrogen and oxygen atoms in total. The standard InChI is InChI=1S/C19H18FN3O2/c1-11-7-14-13(12-4-5-21-10-15(12)20)8-18(24)22-16(14)9-17(11)23-6-2-3-19(23)25/h4-5,7,9-10,13H,2-3,6,8H2,1H3,(H,22,24). The highest BCUT2D eigenvalue weighted by Crippen LogP contribution is 2.41. The van der Waals surface area contributed by atoms with Crippen molar-refractivity contribution >= 4 is 23.2 Å². The fourth-order valence-electron chi connectivity index (χ4n) is 3.75. The number of rotatable bonds is 2. The molecule has 3 heterocycles. The van der Waals surface area contributed by atoms with Gasteiger partial charge >= 0.3 is 0 Å². The summed E-state index contributed by atoms with van der Waals surface area (Å²) in [6.45, 7) is 2.63. The number of carbonyl (C=O) groups is 2. The summed E-state index contributed by atoms with van der Waals surface area (Å²) in [6, 6.07) is 5.42. The van der Waals surface area contributed by atoms with Crippen LogP contribution in [0.5, 0.6) is 0 Å². The van der Waals surface area contributed by atoms with E-state index in [4.69, 9.17) is 0 Å². The van der Waals surface area contributed by atoms with E-state index in [9.17, 15) is 14.0 Å². The SMILES string of the molecule is Cc1cc2c(cc1N1CCCC1=O)NC(=O)CC2c1ccncc1F. The van der Waals surface area contributed by atoms with Gasteiger partial charge in [0.25, 0.3) is 0 Å². The van der Waals surface area contributed by atoms with Crippen molar-refractivity contribution in [3.8, 4) is 0 Å². The lowest BCUT2D eigenvalue weighted by Gasteiger charge is -2.29. The molecule has 2 aromatic rings. The molecule has 6 heteroatoms. The molecule has 1 aromatic heterocycles. The third-order valence-corrected chi connectivity index (χ3v) is 4.95. The third kappa shape index (κ3) is 2.67. The zero-order valence-electron chi connectivity index (χ0n) is 13.9. The first kappa shape index (κ1) is 15.7. The molecule has 1 saturated heterocycles. The molecule has 2 aliphatic rings. The van der Waals surface area contributed by atoms with Crippen LogP contribution in [-0.2, 0) is 9.59 Å². The second kappa shape index (κ2) is 5.95. The van der Waals surface area contributed by atoms with Gasteiger partial charge in [-0.15, -0.1) is 0 Å². The van der Waals surface area contributed by atoms with Gasteiger partial charge in [-0.3, -0.25) is 14.6 Å². The van der Waals surface area contributed by atoms with Crippen molar-refractivity contribution in [3.05, 3.63) is 53.1 Å². The van der Waals surface area contributed by atoms with E-state index in [1.807, 2.05) is 19.1 Å². The number of hydrogen-bond acceptors (Lipinski definition) is 3. The smallest absolute Gasteiger partial charge is 0.227 e. The number of fused-ring (bicyclic) bond motifs is 1. The zero-order chi connectivity index (χ0) is 17.6. The second-order valence-electron chi connectivity index (χ2n) is 6.58. The summed E-state index contributed by atoms with van der Waals surface area (Å²) in [6.07, 6.45) is 4.29. The Morgan fingerprint density at radius 2 is 2.12 bits per heavy atom. The van der Waals surface area contributed by atoms with Crippen LogP contribution >= 0.6 is 0 Å². The number of pyridine rings is 1. The summed E-state index contributed by atoms with van der Waals surface area (Å²) < 4.78 is 14.2. The molecule has 0 aliphatic carbocycles. The van der Waals surface area contributed by atoms with Crippen molar-refractivity contribution in [2.24, 2.45) is 0 Å². The van der Waals surface area contributed by atoms with Crippen molar-refractivity contribution < 1.29 is 14.0 Å². The van der Waals surface area contributed by atoms with E-state index in [0.29, 0.717) is 24.2 Å². The minimum atomic E-state index is -0.412. The van der Waals surface area contributed by atoms with Gasteiger partial charge in [0.1, 0.15) is 5.82 Å². The fourth-order valence-corrected chi connectivity index (χ4v) is 3.75. The largest absolute Gasteiger partial charge is 0.326 e. The van der Waals surface area contributed by atoms with Gasteiger partial charge in [-0.25, -0.2) is 4.39 Å². The van der Waals surface area contributed by atoms with Gasteiger partial charge in [0, 0.05) is 42.9 Å². The summed E-state index contributed by atoms with van der Waals surface area (Å²) >= 11 is 0. The Hall–Kier alpha value is -2.76. The van der Waals surface area contributed by atoms with Crippen molar-refractivity contribution in [2.45, 2.75) is 32.1 Å². The van der Waals surface area contributed by atoms with Gasteiger partial charge in [-0.1, -0.05) is 6.07 Å². The monoisotopic (exact) mass is 339 g/mol. The Morgan fingerprint density at radius 1 is 1.28 bits per heavy atom. The van der Waals surface area contributed by atoms with E-state index in [-0.39, 0.29) is 24.2 Å². The van der Waals surface area contributed by atoms with Crippen LogP contribution < -0.4 is 10.2 Å². The summed E-state index contributed by atoms with van der Waals surface area (Å²) in [5, 5.41) is 2.87. The minimum Gasteiger partial charge on any atom is -0.326 e. The highest BCUT2D eigenvalue weighted by atomic mass is 19.1. The number of anilines is 2. The Kier molecular flexibility index (Phi) is 3.75. The first-order valence-corrected chi connectivity index (χ1v) is 8.39. The zero-order valence-corrected chi connectivity index (χ0v) is 13.9. The Balaban J connectivity index is 1.82. The first-order chi connectivity index (χ1) is 12.0. The molecule has 1 fully saturated rings. The van der Waals surface area contributed by atoms with Gasteiger partial charge in [0.05, 0.1) is 6.20 Å². The molecule has 4 rings (SSSR count). The fraction of sp³-hybridized carbons (Fsp3) is 0.316. The van der Waals surface area contributed by atoms with E-state index in [1.54, 1.807) is 11.0 Å². The predicted molar refractivity (Wildman–Crippen MR) is 92.1 cm³/mol. The van der Waals surface area contributed by atoms with Gasteiger partial charge in [-0.05, 0) is 42.2 Å². The molecule has 0 radical (unpaired) electrons. The molecular weight excluding hydrogens is 321 g/mol. The maximum Gasteiger partial charge on any atom is 0.227 e. The van der Waals surface area contributed by atoms with Crippen LogP contribution in [0.1, 0.15) is 41.9 Å². The van der Waals surface area contributed by atoms with Crippen LogP contribution in [0.3, 0.4) is 0 Å². The molecule has 128 valence electrons. The molecule has 1 aromatic carbocycles. The van der Waals surface area contributed by atoms with Crippen LogP contribution in [0, 0.1) is 12.7 Å². The lowest BCUT2D eigenvalue weighted by Crippen LogP contribution is -2.27. The topological polar surface area (TPSA) is 62.3 Å². The highest BCUT2D eigenvalue weighted by Gasteiger charge is 2.31. The molecular formula is C19H18FN3O2. The van der Waals surface area contributed by atoms with Crippen LogP contribution in [0.4, 0.5) is 15.8 Å². The van der Waals surface area contributed by atoms with Crippen molar-refractivity contribution in [1.82, 2.24) is 4.98 Å². The highest BCUT2D eigenvalue weighted by molar-refractivity contribution is 6.00. The number of benzene rings is 1. The molecule has 0 saturated carbocycles. The number of amides is 2. The van der Waals surface area contributed by atoms with Gasteiger partial charge in [0.2, 0.25) is 11.8 Å². The number of nitrogens with zero attached hydrogens (tertiary/aromatic N) is 2. The lowest BCUT2D eigenvalue weighted by atomic mass is 9.84. The molecule has 1 N–H and O–H groups in total. The second-order valence-corrected chi connectivity index (χ2v) is 6.58. The normalized spacial score (nSPS) is 19.8. The Bertz CT molecular complexity index is 881. The molecule has 1 atom stereocenters. The lowest BCUT2D eigenvalue weighted by molar-refractivity contribution is -0.117. The number of aromatic nitrogens is 1. The summed E-state index contributed by atoms with van der Waals surface area (Å²) in [5.41, 5.74) is 3.76. The van der Waals surface area contributed by atoms with Crippen molar-refractivity contribution in [2.75, 3.05) is 16.8 Å². The summed E-state index contributed by atoms with van der Waals surface area (Å²) in [5.74, 6) is -0.823. The molecule has 0 spiro atoms. The number of hydrogen-bond donors (Lipinski definition) is 1. The Labute approximate surface area is 144 Å². The number of nitrogens with one attached hydrogen (secondary N) is 1. The van der Waals surface area contributed by atoms with Gasteiger partial charge in [0.15, 0.2) is 0 Å². The van der Waals surface area contributed by atoms with Crippen molar-refractivity contribution in [1.29, 1.82) is 0 Å². The van der Waals surface area contributed by atoms with Crippen LogP contribution in [0.2, 0.25) is 0 Å². The van der Waals surface area contributed by atoms with Crippen LogP contribution in [0.25, 0.3) is 0 Å². The summed E-state index contributed by atoms with van der Waals surface area (Å²) in [4.78, 5) is 29.8. The van der Waals surface area contributed by atoms with E-state index in [0.717, 1.165) is 23.2 Å². The van der Waals surface area contributed by atoms with Crippen LogP contribution in [0.15, 0.2) is 30.6 Å². The van der Waals surface area contributed by atoms with Gasteiger partial charge < -0.3 is 10.2 Å². The first-order valence-electron chi connectivity index (χ1n) is 8.39. The third-order valence-electron chi connectivity index (χ3n) is 4.95. The molecule has 2 aliphatic heterocycles. The predicted octanol–water partition coefficient (Wildman–Crippen LogP) is 3.13. The van der Waals surface area contributed by atoms with E-state index in [1.165, 1.54) is 12.4 Å². The van der Waals surface area contributed by atoms with Gasteiger partial charge in [-0.2, -0.15) is 0 Å². The average Bonchev–Trinajstić information content (AvgIpc) is 3.00. The summed E-state index contributed by atoms with van der Waals surface area (Å²) in [7, 11) is 0. The van der Waals surface area contributed by atoms with E-state index in [2.05, 4.69) is 10.3 Å². The quantitative estimate of drug-likeness (QED) is 0.914. The van der Waals surface area contributed by atoms with Crippen molar-refractivity contribution in [3.63, 3.8) is 0 Å². The van der Waals surface area contributed by atoms with E-state index >= 15 is 0 Å². The molecule has 0 bridgehead atoms. The average molecular weight is 339 g/mol. The maximum absolute atomic E-state index is 14.2. The number of halogens is 1.